The summed E-state index contributed by atoms with van der Waals surface area (Å²) in [6, 6.07) is 9.28. The van der Waals surface area contributed by atoms with Crippen molar-refractivity contribution in [2.45, 2.75) is 52.5 Å². The number of anilines is 1. The van der Waals surface area contributed by atoms with E-state index in [1.54, 1.807) is 17.9 Å². The predicted octanol–water partition coefficient (Wildman–Crippen LogP) is 3.66. The van der Waals surface area contributed by atoms with Crippen molar-refractivity contribution in [1.82, 2.24) is 10.1 Å². The maximum Gasteiger partial charge on any atom is 0.248 e. The molecule has 0 radical (unpaired) electrons. The normalized spacial score (nSPS) is 18.0. The minimum Gasteiger partial charge on any atom is -0.360 e. The molecule has 1 aromatic carbocycles. The number of aromatic nitrogens is 1. The van der Waals surface area contributed by atoms with E-state index in [4.69, 9.17) is 4.52 Å². The summed E-state index contributed by atoms with van der Waals surface area (Å²) in [4.78, 5) is 27.8. The van der Waals surface area contributed by atoms with E-state index in [1.165, 1.54) is 0 Å². The van der Waals surface area contributed by atoms with E-state index in [0.717, 1.165) is 17.5 Å². The van der Waals surface area contributed by atoms with Gasteiger partial charge in [0.1, 0.15) is 11.8 Å². The van der Waals surface area contributed by atoms with Crippen LogP contribution in [-0.4, -0.2) is 34.5 Å². The Balaban J connectivity index is 1.78. The molecule has 27 heavy (non-hydrogen) atoms. The van der Waals surface area contributed by atoms with Crippen LogP contribution in [0.2, 0.25) is 0 Å². The van der Waals surface area contributed by atoms with Crippen molar-refractivity contribution in [2.24, 2.45) is 5.92 Å². The molecule has 0 spiro atoms. The number of hydrogen-bond donors (Lipinski definition) is 1. The Morgan fingerprint density at radius 1 is 1.22 bits per heavy atom. The number of rotatable bonds is 5. The molecule has 2 aromatic rings. The van der Waals surface area contributed by atoms with Gasteiger partial charge in [0.05, 0.1) is 5.92 Å². The molecule has 0 aliphatic carbocycles. The fraction of sp³-hybridized carbons (Fsp3) is 0.476. The SMILES string of the molecule is Cc1ccc(C(C(=O)N2CCC[C@@H]2C(=O)Nc2cc(C)on2)C(C)C)cc1. The lowest BCUT2D eigenvalue weighted by Gasteiger charge is -2.30. The quantitative estimate of drug-likeness (QED) is 0.873. The molecule has 1 aromatic heterocycles. The minimum atomic E-state index is -0.471. The Kier molecular flexibility index (Phi) is 5.63. The first-order valence-electron chi connectivity index (χ1n) is 9.48. The lowest BCUT2D eigenvalue weighted by atomic mass is 9.86. The zero-order valence-corrected chi connectivity index (χ0v) is 16.4. The van der Waals surface area contributed by atoms with Gasteiger partial charge in [0.2, 0.25) is 11.8 Å². The van der Waals surface area contributed by atoms with Crippen molar-refractivity contribution in [2.75, 3.05) is 11.9 Å². The van der Waals surface area contributed by atoms with Crippen LogP contribution in [0.15, 0.2) is 34.9 Å². The number of carbonyl (C=O) groups excluding carboxylic acids is 2. The molecule has 6 nitrogen and oxygen atoms in total. The highest BCUT2D eigenvalue weighted by molar-refractivity contribution is 5.98. The standard InChI is InChI=1S/C21H27N3O3/c1-13(2)19(16-9-7-14(3)8-10-16)21(26)24-11-5-6-17(24)20(25)22-18-12-15(4)27-23-18/h7-10,12-13,17,19H,5-6,11H2,1-4H3,(H,22,23,25)/t17-,19?/m1/s1. The van der Waals surface area contributed by atoms with Gasteiger partial charge in [-0.15, -0.1) is 0 Å². The second kappa shape index (κ2) is 7.94. The number of aryl methyl sites for hydroxylation is 2. The molecule has 0 saturated carbocycles. The van der Waals surface area contributed by atoms with Gasteiger partial charge in [-0.3, -0.25) is 9.59 Å². The van der Waals surface area contributed by atoms with E-state index in [-0.39, 0.29) is 23.7 Å². The third-order valence-corrected chi connectivity index (χ3v) is 5.09. The number of hydrogen-bond acceptors (Lipinski definition) is 4. The summed E-state index contributed by atoms with van der Waals surface area (Å²) < 4.78 is 4.99. The van der Waals surface area contributed by atoms with Crippen LogP contribution in [0.1, 0.15) is 49.5 Å². The molecule has 6 heteroatoms. The Morgan fingerprint density at radius 3 is 2.52 bits per heavy atom. The molecule has 1 N–H and O–H groups in total. The van der Waals surface area contributed by atoms with Crippen LogP contribution < -0.4 is 5.32 Å². The predicted molar refractivity (Wildman–Crippen MR) is 103 cm³/mol. The lowest BCUT2D eigenvalue weighted by molar-refractivity contribution is -0.138. The first-order valence-corrected chi connectivity index (χ1v) is 9.48. The van der Waals surface area contributed by atoms with Gasteiger partial charge in [0.25, 0.3) is 0 Å². The Hall–Kier alpha value is -2.63. The van der Waals surface area contributed by atoms with E-state index in [2.05, 4.69) is 10.5 Å². The van der Waals surface area contributed by atoms with Crippen LogP contribution in [-0.2, 0) is 9.59 Å². The van der Waals surface area contributed by atoms with Crippen molar-refractivity contribution >= 4 is 17.6 Å². The van der Waals surface area contributed by atoms with Crippen molar-refractivity contribution in [3.05, 3.63) is 47.2 Å². The maximum absolute atomic E-state index is 13.4. The average Bonchev–Trinajstić information content (AvgIpc) is 3.25. The Bertz CT molecular complexity index is 810. The van der Waals surface area contributed by atoms with E-state index >= 15 is 0 Å². The molecule has 2 heterocycles. The molecule has 1 unspecified atom stereocenters. The van der Waals surface area contributed by atoms with Crippen molar-refractivity contribution in [1.29, 1.82) is 0 Å². The monoisotopic (exact) mass is 369 g/mol. The van der Waals surface area contributed by atoms with Gasteiger partial charge in [-0.2, -0.15) is 0 Å². The Labute approximate surface area is 159 Å². The molecule has 144 valence electrons. The molecule has 2 amide bonds. The highest BCUT2D eigenvalue weighted by Crippen LogP contribution is 2.31. The second-order valence-electron chi connectivity index (χ2n) is 7.63. The summed E-state index contributed by atoms with van der Waals surface area (Å²) in [7, 11) is 0. The van der Waals surface area contributed by atoms with E-state index in [0.29, 0.717) is 24.5 Å². The average molecular weight is 369 g/mol. The summed E-state index contributed by atoms with van der Waals surface area (Å²) in [5, 5.41) is 6.57. The summed E-state index contributed by atoms with van der Waals surface area (Å²) in [6.07, 6.45) is 1.48. The largest absolute Gasteiger partial charge is 0.360 e. The van der Waals surface area contributed by atoms with Gasteiger partial charge in [-0.1, -0.05) is 48.8 Å². The molecule has 3 rings (SSSR count). The third kappa shape index (κ3) is 4.21. The first kappa shape index (κ1) is 19.1. The van der Waals surface area contributed by atoms with Crippen LogP contribution in [0.3, 0.4) is 0 Å². The molecule has 1 aliphatic heterocycles. The molecule has 2 atom stereocenters. The van der Waals surface area contributed by atoms with Crippen LogP contribution in [0.4, 0.5) is 5.82 Å². The zero-order valence-electron chi connectivity index (χ0n) is 16.4. The minimum absolute atomic E-state index is 0.0165. The van der Waals surface area contributed by atoms with Crippen LogP contribution in [0.25, 0.3) is 0 Å². The third-order valence-electron chi connectivity index (χ3n) is 5.09. The summed E-state index contributed by atoms with van der Waals surface area (Å²) >= 11 is 0. The number of amides is 2. The van der Waals surface area contributed by atoms with Crippen LogP contribution in [0, 0.1) is 19.8 Å². The number of nitrogens with zero attached hydrogens (tertiary/aromatic N) is 2. The second-order valence-corrected chi connectivity index (χ2v) is 7.63. The molecular formula is C21H27N3O3. The molecular weight excluding hydrogens is 342 g/mol. The molecule has 1 aliphatic rings. The van der Waals surface area contributed by atoms with Crippen LogP contribution in [0.5, 0.6) is 0 Å². The smallest absolute Gasteiger partial charge is 0.248 e. The summed E-state index contributed by atoms with van der Waals surface area (Å²) in [5.74, 6) is 0.707. The fourth-order valence-electron chi connectivity index (χ4n) is 3.70. The van der Waals surface area contributed by atoms with E-state index < -0.39 is 6.04 Å². The van der Waals surface area contributed by atoms with E-state index in [9.17, 15) is 9.59 Å². The highest BCUT2D eigenvalue weighted by atomic mass is 16.5. The summed E-state index contributed by atoms with van der Waals surface area (Å²) in [5.41, 5.74) is 2.16. The topological polar surface area (TPSA) is 75.4 Å². The van der Waals surface area contributed by atoms with Gasteiger partial charge in [-0.25, -0.2) is 0 Å². The number of benzene rings is 1. The van der Waals surface area contributed by atoms with Gasteiger partial charge >= 0.3 is 0 Å². The molecule has 1 fully saturated rings. The molecule has 0 bridgehead atoms. The number of carbonyl (C=O) groups is 2. The van der Waals surface area contributed by atoms with Crippen molar-refractivity contribution in [3.8, 4) is 0 Å². The van der Waals surface area contributed by atoms with Crippen LogP contribution >= 0.6 is 0 Å². The fourth-order valence-corrected chi connectivity index (χ4v) is 3.70. The number of nitrogens with one attached hydrogen (secondary N) is 1. The first-order chi connectivity index (χ1) is 12.9. The van der Waals surface area contributed by atoms with Gasteiger partial charge in [0, 0.05) is 12.6 Å². The van der Waals surface area contributed by atoms with Gasteiger partial charge < -0.3 is 14.7 Å². The zero-order chi connectivity index (χ0) is 19.6. The Morgan fingerprint density at radius 2 is 1.93 bits per heavy atom. The summed E-state index contributed by atoms with van der Waals surface area (Å²) in [6.45, 7) is 8.49. The van der Waals surface area contributed by atoms with Crippen molar-refractivity contribution in [3.63, 3.8) is 0 Å². The lowest BCUT2D eigenvalue weighted by Crippen LogP contribution is -2.46. The van der Waals surface area contributed by atoms with Gasteiger partial charge in [-0.05, 0) is 38.2 Å². The van der Waals surface area contributed by atoms with E-state index in [1.807, 2.05) is 45.0 Å². The molecule has 1 saturated heterocycles. The highest BCUT2D eigenvalue weighted by Gasteiger charge is 2.38. The van der Waals surface area contributed by atoms with Crippen molar-refractivity contribution < 1.29 is 14.1 Å². The number of likely N-dealkylation sites (tertiary alicyclic amines) is 1. The maximum atomic E-state index is 13.4. The van der Waals surface area contributed by atoms with Gasteiger partial charge in [0.15, 0.2) is 5.82 Å².